The first-order chi connectivity index (χ1) is 8.61. The van der Waals surface area contributed by atoms with Gasteiger partial charge in [-0.15, -0.1) is 0 Å². The first-order valence-electron chi connectivity index (χ1n) is 5.94. The van der Waals surface area contributed by atoms with Gasteiger partial charge in [0.25, 0.3) is 0 Å². The van der Waals surface area contributed by atoms with Crippen LogP contribution >= 0.6 is 0 Å². The maximum Gasteiger partial charge on any atom is 0.195 e. The van der Waals surface area contributed by atoms with Crippen LogP contribution in [0.2, 0.25) is 0 Å². The van der Waals surface area contributed by atoms with Crippen LogP contribution in [-0.2, 0) is 0 Å². The molecule has 0 aliphatic carbocycles. The van der Waals surface area contributed by atoms with Crippen molar-refractivity contribution in [2.24, 2.45) is 0 Å². The molecule has 0 saturated carbocycles. The number of ketones is 1. The lowest BCUT2D eigenvalue weighted by molar-refractivity contribution is 0.0747. The monoisotopic (exact) mass is 214 g/mol. The molecule has 2 aromatic carbocycles. The molecule has 1 unspecified atom stereocenters. The van der Waals surface area contributed by atoms with Crippen molar-refractivity contribution < 1.29 is 12.6 Å². The van der Waals surface area contributed by atoms with Gasteiger partial charge in [-0.05, 0) is 5.56 Å². The van der Waals surface area contributed by atoms with Gasteiger partial charge in [-0.3, -0.25) is 4.79 Å². The third-order valence-corrected chi connectivity index (χ3v) is 2.26. The molecule has 0 fully saturated rings. The van der Waals surface area contributed by atoms with E-state index in [-0.39, 0.29) is 17.6 Å². The number of carbonyl (C=O) groups is 1. The second kappa shape index (κ2) is 4.73. The molecular weight excluding hydrogens is 200 g/mol. The number of aliphatic hydroxyl groups excluding tert-OH is 1. The molecule has 0 aliphatic rings. The predicted octanol–water partition coefficient (Wildman–Crippen LogP) is 2.60. The van der Waals surface area contributed by atoms with Crippen LogP contribution < -0.4 is 0 Å². The van der Waals surface area contributed by atoms with E-state index in [1.807, 2.05) is 0 Å². The minimum atomic E-state index is -1.33. The minimum Gasteiger partial charge on any atom is -0.380 e. The Hall–Kier alpha value is -1.93. The molecular formula is C14H12O2. The summed E-state index contributed by atoms with van der Waals surface area (Å²) in [7, 11) is 0. The zero-order valence-electron chi connectivity index (χ0n) is 10.6. The molecule has 80 valence electrons. The summed E-state index contributed by atoms with van der Waals surface area (Å²) in [5.74, 6) is -0.614. The Kier molecular flexibility index (Phi) is 2.44. The van der Waals surface area contributed by atoms with Crippen molar-refractivity contribution in [3.8, 4) is 0 Å². The first-order valence-corrected chi connectivity index (χ1v) is 4.94. The van der Waals surface area contributed by atoms with E-state index in [1.165, 1.54) is 18.2 Å². The SMILES string of the molecule is [2H]c1cccc([2H])c1C(=O)C(O)c1ccccc1. The van der Waals surface area contributed by atoms with E-state index in [2.05, 4.69) is 0 Å². The average Bonchev–Trinajstić information content (AvgIpc) is 2.38. The Morgan fingerprint density at radius 1 is 1.06 bits per heavy atom. The molecule has 0 aliphatic heterocycles. The second-order valence-electron chi connectivity index (χ2n) is 3.37. The summed E-state index contributed by atoms with van der Waals surface area (Å²) < 4.78 is 15.3. The quantitative estimate of drug-likeness (QED) is 0.797. The molecule has 1 atom stereocenters. The van der Waals surface area contributed by atoms with Crippen molar-refractivity contribution >= 4 is 5.78 Å². The van der Waals surface area contributed by atoms with Crippen LogP contribution in [0.5, 0.6) is 0 Å². The fourth-order valence-corrected chi connectivity index (χ4v) is 1.42. The van der Waals surface area contributed by atoms with Crippen molar-refractivity contribution in [3.63, 3.8) is 0 Å². The van der Waals surface area contributed by atoms with Crippen molar-refractivity contribution in [2.45, 2.75) is 6.10 Å². The number of Topliss-reactive ketones (excluding diaryl/α,β-unsaturated/α-hetero) is 1. The number of rotatable bonds is 3. The van der Waals surface area contributed by atoms with Gasteiger partial charge < -0.3 is 5.11 Å². The van der Waals surface area contributed by atoms with Crippen LogP contribution in [0.4, 0.5) is 0 Å². The molecule has 16 heavy (non-hydrogen) atoms. The van der Waals surface area contributed by atoms with Gasteiger partial charge in [-0.2, -0.15) is 0 Å². The molecule has 0 radical (unpaired) electrons. The molecule has 2 heteroatoms. The maximum atomic E-state index is 12.1. The summed E-state index contributed by atoms with van der Waals surface area (Å²) in [6.45, 7) is 0. The molecule has 2 aromatic rings. The number of aliphatic hydroxyl groups is 1. The average molecular weight is 214 g/mol. The lowest BCUT2D eigenvalue weighted by Gasteiger charge is -2.09. The third kappa shape index (κ3) is 2.18. The summed E-state index contributed by atoms with van der Waals surface area (Å²) >= 11 is 0. The molecule has 0 aromatic heterocycles. The topological polar surface area (TPSA) is 37.3 Å². The summed E-state index contributed by atoms with van der Waals surface area (Å²) in [6, 6.07) is 12.8. The van der Waals surface area contributed by atoms with E-state index in [0.717, 1.165) is 0 Å². The number of benzene rings is 2. The maximum absolute atomic E-state index is 12.1. The van der Waals surface area contributed by atoms with E-state index in [1.54, 1.807) is 30.3 Å². The molecule has 2 nitrogen and oxygen atoms in total. The molecule has 2 rings (SSSR count). The Balaban J connectivity index is 2.38. The third-order valence-electron chi connectivity index (χ3n) is 2.26. The summed E-state index contributed by atoms with van der Waals surface area (Å²) in [6.07, 6.45) is -1.33. The van der Waals surface area contributed by atoms with E-state index in [0.29, 0.717) is 5.56 Å². The van der Waals surface area contributed by atoms with Gasteiger partial charge in [0.2, 0.25) is 0 Å². The van der Waals surface area contributed by atoms with Gasteiger partial charge in [-0.1, -0.05) is 60.6 Å². The Morgan fingerprint density at radius 2 is 1.62 bits per heavy atom. The van der Waals surface area contributed by atoms with Crippen LogP contribution in [0.1, 0.15) is 24.8 Å². The fourth-order valence-electron chi connectivity index (χ4n) is 1.42. The standard InChI is InChI=1S/C14H12O2/c15-13(11-7-3-1-4-8-11)14(16)12-9-5-2-6-10-12/h1-10,13,15H/i9D,10D. The van der Waals surface area contributed by atoms with Gasteiger partial charge in [0.05, 0.1) is 2.74 Å². The van der Waals surface area contributed by atoms with E-state index >= 15 is 0 Å². The highest BCUT2D eigenvalue weighted by Gasteiger charge is 2.18. The van der Waals surface area contributed by atoms with Gasteiger partial charge in [-0.25, -0.2) is 0 Å². The minimum absolute atomic E-state index is 0.0394. The van der Waals surface area contributed by atoms with Crippen LogP contribution in [0.25, 0.3) is 0 Å². The van der Waals surface area contributed by atoms with Crippen molar-refractivity contribution in [2.75, 3.05) is 0 Å². The van der Waals surface area contributed by atoms with Crippen LogP contribution in [0.15, 0.2) is 60.6 Å². The molecule has 0 spiro atoms. The van der Waals surface area contributed by atoms with E-state index in [9.17, 15) is 9.90 Å². The van der Waals surface area contributed by atoms with Crippen LogP contribution in [0.3, 0.4) is 0 Å². The van der Waals surface area contributed by atoms with E-state index < -0.39 is 11.9 Å². The van der Waals surface area contributed by atoms with E-state index in [4.69, 9.17) is 2.74 Å². The second-order valence-corrected chi connectivity index (χ2v) is 3.37. The normalized spacial score (nSPS) is 13.8. The Labute approximate surface area is 97.0 Å². The van der Waals surface area contributed by atoms with Crippen molar-refractivity contribution in [3.05, 3.63) is 71.7 Å². The van der Waals surface area contributed by atoms with Gasteiger partial charge in [0, 0.05) is 5.56 Å². The molecule has 0 heterocycles. The van der Waals surface area contributed by atoms with Gasteiger partial charge >= 0.3 is 0 Å². The largest absolute Gasteiger partial charge is 0.380 e. The first kappa shape index (κ1) is 8.25. The predicted molar refractivity (Wildman–Crippen MR) is 62.2 cm³/mol. The highest BCUT2D eigenvalue weighted by molar-refractivity contribution is 5.99. The Bertz CT molecular complexity index is 547. The Morgan fingerprint density at radius 3 is 2.25 bits per heavy atom. The number of hydrogen-bond acceptors (Lipinski definition) is 2. The lowest BCUT2D eigenvalue weighted by atomic mass is 10.0. The highest BCUT2D eigenvalue weighted by Crippen LogP contribution is 2.17. The zero-order chi connectivity index (χ0) is 13.1. The fraction of sp³-hybridized carbons (Fsp3) is 0.0714. The van der Waals surface area contributed by atoms with Crippen LogP contribution in [-0.4, -0.2) is 10.9 Å². The van der Waals surface area contributed by atoms with Crippen molar-refractivity contribution in [1.82, 2.24) is 0 Å². The molecule has 0 saturated heterocycles. The zero-order valence-corrected chi connectivity index (χ0v) is 8.55. The summed E-state index contributed by atoms with van der Waals surface area (Å²) in [5, 5.41) is 9.98. The molecule has 0 amide bonds. The smallest absolute Gasteiger partial charge is 0.195 e. The number of hydrogen-bond donors (Lipinski definition) is 1. The highest BCUT2D eigenvalue weighted by atomic mass is 16.3. The summed E-state index contributed by atoms with van der Waals surface area (Å²) in [4.78, 5) is 12.1. The molecule has 1 N–H and O–H groups in total. The number of carbonyl (C=O) groups excluding carboxylic acids is 1. The molecule has 0 bridgehead atoms. The van der Waals surface area contributed by atoms with Gasteiger partial charge in [0.1, 0.15) is 6.10 Å². The lowest BCUT2D eigenvalue weighted by Crippen LogP contribution is -2.11. The summed E-state index contributed by atoms with van der Waals surface area (Å²) in [5.41, 5.74) is 0.416. The van der Waals surface area contributed by atoms with Crippen molar-refractivity contribution in [1.29, 1.82) is 0 Å². The van der Waals surface area contributed by atoms with Gasteiger partial charge in [0.15, 0.2) is 5.78 Å². The van der Waals surface area contributed by atoms with Crippen LogP contribution in [0, 0.1) is 0 Å².